The summed E-state index contributed by atoms with van der Waals surface area (Å²) >= 11 is 0. The first-order chi connectivity index (χ1) is 14.8. The van der Waals surface area contributed by atoms with E-state index < -0.39 is 16.1 Å². The van der Waals surface area contributed by atoms with Crippen molar-refractivity contribution in [1.29, 1.82) is 0 Å². The minimum absolute atomic E-state index is 0.140. The summed E-state index contributed by atoms with van der Waals surface area (Å²) in [6.07, 6.45) is 0. The lowest BCUT2D eigenvalue weighted by molar-refractivity contribution is 0.355. The van der Waals surface area contributed by atoms with Gasteiger partial charge in [0.25, 0.3) is 10.0 Å². The van der Waals surface area contributed by atoms with Crippen molar-refractivity contribution < 1.29 is 22.6 Å². The van der Waals surface area contributed by atoms with Crippen LogP contribution in [0.25, 0.3) is 0 Å². The molecular formula is C24H27NO5S. The second kappa shape index (κ2) is 9.31. The van der Waals surface area contributed by atoms with E-state index in [1.165, 1.54) is 31.7 Å². The molecule has 0 aliphatic heterocycles. The van der Waals surface area contributed by atoms with Crippen molar-refractivity contribution in [3.63, 3.8) is 0 Å². The summed E-state index contributed by atoms with van der Waals surface area (Å²) in [4.78, 5) is 0.140. The van der Waals surface area contributed by atoms with Gasteiger partial charge in [0, 0.05) is 12.1 Å². The van der Waals surface area contributed by atoms with E-state index in [9.17, 15) is 8.42 Å². The molecule has 0 saturated heterocycles. The molecule has 0 amide bonds. The van der Waals surface area contributed by atoms with E-state index in [1.54, 1.807) is 36.4 Å². The quantitative estimate of drug-likeness (QED) is 0.493. The highest BCUT2D eigenvalue weighted by molar-refractivity contribution is 7.92. The van der Waals surface area contributed by atoms with Gasteiger partial charge in [-0.3, -0.25) is 4.31 Å². The highest BCUT2D eigenvalue weighted by Gasteiger charge is 2.31. The first-order valence-corrected chi connectivity index (χ1v) is 11.2. The van der Waals surface area contributed by atoms with Gasteiger partial charge in [-0.05, 0) is 43.7 Å². The van der Waals surface area contributed by atoms with Gasteiger partial charge in [-0.15, -0.1) is 0 Å². The molecule has 0 saturated carbocycles. The van der Waals surface area contributed by atoms with Crippen LogP contribution in [0.3, 0.4) is 0 Å². The minimum Gasteiger partial charge on any atom is -0.497 e. The molecule has 0 radical (unpaired) electrons. The Bertz CT molecular complexity index is 1160. The number of hydrogen-bond acceptors (Lipinski definition) is 5. The number of benzene rings is 3. The van der Waals surface area contributed by atoms with Gasteiger partial charge in [0.1, 0.15) is 5.75 Å². The molecule has 0 aliphatic carbocycles. The molecule has 3 rings (SSSR count). The van der Waals surface area contributed by atoms with E-state index in [1.807, 2.05) is 38.1 Å². The minimum atomic E-state index is -3.93. The molecule has 0 fully saturated rings. The van der Waals surface area contributed by atoms with E-state index in [2.05, 4.69) is 0 Å². The molecular weight excluding hydrogens is 414 g/mol. The number of anilines is 1. The van der Waals surface area contributed by atoms with Crippen LogP contribution in [-0.4, -0.2) is 29.7 Å². The summed E-state index contributed by atoms with van der Waals surface area (Å²) < 4.78 is 45.1. The molecule has 0 aliphatic rings. The maximum atomic E-state index is 13.9. The summed E-state index contributed by atoms with van der Waals surface area (Å²) in [5.41, 5.74) is 2.39. The average molecular weight is 442 g/mol. The van der Waals surface area contributed by atoms with Gasteiger partial charge >= 0.3 is 0 Å². The first kappa shape index (κ1) is 22.5. The number of ether oxygens (including phenoxy) is 3. The van der Waals surface area contributed by atoms with Crippen molar-refractivity contribution >= 4 is 15.7 Å². The Morgan fingerprint density at radius 1 is 0.806 bits per heavy atom. The van der Waals surface area contributed by atoms with Crippen molar-refractivity contribution in [1.82, 2.24) is 0 Å². The van der Waals surface area contributed by atoms with Crippen molar-refractivity contribution in [2.75, 3.05) is 25.6 Å². The number of methoxy groups -OCH3 is 3. The van der Waals surface area contributed by atoms with Crippen LogP contribution in [0.2, 0.25) is 0 Å². The summed E-state index contributed by atoms with van der Waals surface area (Å²) in [5.74, 6) is 1.44. The smallest absolute Gasteiger partial charge is 0.265 e. The number of nitrogens with zero attached hydrogens (tertiary/aromatic N) is 1. The maximum Gasteiger partial charge on any atom is 0.265 e. The van der Waals surface area contributed by atoms with Crippen molar-refractivity contribution in [2.45, 2.75) is 24.8 Å². The predicted octanol–water partition coefficient (Wildman–Crippen LogP) is 4.98. The number of hydrogen-bond donors (Lipinski definition) is 0. The zero-order chi connectivity index (χ0) is 22.6. The van der Waals surface area contributed by atoms with Crippen molar-refractivity contribution in [3.8, 4) is 17.2 Å². The van der Waals surface area contributed by atoms with Gasteiger partial charge in [-0.1, -0.05) is 35.9 Å². The largest absolute Gasteiger partial charge is 0.497 e. The third kappa shape index (κ3) is 4.61. The molecule has 0 heterocycles. The first-order valence-electron chi connectivity index (χ1n) is 9.79. The lowest BCUT2D eigenvalue weighted by atomic mass is 10.1. The number of rotatable bonds is 8. The molecule has 0 bridgehead atoms. The molecule has 0 aromatic heterocycles. The van der Waals surface area contributed by atoms with Gasteiger partial charge in [0.05, 0.1) is 38.0 Å². The van der Waals surface area contributed by atoms with Crippen LogP contribution in [0.5, 0.6) is 17.2 Å². The summed E-state index contributed by atoms with van der Waals surface area (Å²) in [5, 5.41) is 0. The van der Waals surface area contributed by atoms with E-state index in [0.717, 1.165) is 11.1 Å². The fraction of sp³-hybridized carbons (Fsp3) is 0.250. The zero-order valence-corrected chi connectivity index (χ0v) is 19.1. The Labute approximate surface area is 184 Å². The van der Waals surface area contributed by atoms with Gasteiger partial charge in [0.2, 0.25) is 0 Å². The molecule has 7 heteroatoms. The van der Waals surface area contributed by atoms with Crippen molar-refractivity contribution in [3.05, 3.63) is 77.9 Å². The van der Waals surface area contributed by atoms with Crippen LogP contribution in [-0.2, 0) is 10.0 Å². The topological polar surface area (TPSA) is 65.1 Å². The highest BCUT2D eigenvalue weighted by atomic mass is 32.2. The SMILES string of the molecule is COc1cccc(S(=O)(=O)N(c2ccc(OC)c(OC)c2)C(C)c2cccc(C)c2)c1. The normalized spacial score (nSPS) is 12.2. The van der Waals surface area contributed by atoms with E-state index >= 15 is 0 Å². The van der Waals surface area contributed by atoms with Gasteiger partial charge in [-0.25, -0.2) is 8.42 Å². The lowest BCUT2D eigenvalue weighted by Crippen LogP contribution is -2.33. The third-order valence-corrected chi connectivity index (χ3v) is 6.99. The number of aryl methyl sites for hydroxylation is 1. The average Bonchev–Trinajstić information content (AvgIpc) is 2.78. The molecule has 1 atom stereocenters. The molecule has 0 N–H and O–H groups in total. The molecule has 0 spiro atoms. The summed E-state index contributed by atoms with van der Waals surface area (Å²) in [6.45, 7) is 3.84. The van der Waals surface area contributed by atoms with Gasteiger partial charge in [0.15, 0.2) is 11.5 Å². The van der Waals surface area contributed by atoms with Gasteiger partial charge < -0.3 is 14.2 Å². The molecule has 3 aromatic rings. The van der Waals surface area contributed by atoms with Crippen LogP contribution in [0.4, 0.5) is 5.69 Å². The Hall–Kier alpha value is -3.19. The highest BCUT2D eigenvalue weighted by Crippen LogP contribution is 2.38. The number of sulfonamides is 1. The Kier molecular flexibility index (Phi) is 6.75. The molecule has 164 valence electrons. The maximum absolute atomic E-state index is 13.9. The summed E-state index contributed by atoms with van der Waals surface area (Å²) in [6, 6.07) is 18.9. The van der Waals surface area contributed by atoms with E-state index in [4.69, 9.17) is 14.2 Å². The van der Waals surface area contributed by atoms with Crippen molar-refractivity contribution in [2.24, 2.45) is 0 Å². The molecule has 3 aromatic carbocycles. The Morgan fingerprint density at radius 2 is 1.52 bits per heavy atom. The van der Waals surface area contributed by atoms with E-state index in [-0.39, 0.29) is 4.90 Å². The summed E-state index contributed by atoms with van der Waals surface area (Å²) in [7, 11) is 0.632. The Morgan fingerprint density at radius 3 is 2.16 bits per heavy atom. The van der Waals surface area contributed by atoms with E-state index in [0.29, 0.717) is 22.9 Å². The van der Waals surface area contributed by atoms with Crippen LogP contribution < -0.4 is 18.5 Å². The molecule has 31 heavy (non-hydrogen) atoms. The fourth-order valence-corrected chi connectivity index (χ4v) is 5.14. The van der Waals surface area contributed by atoms with Crippen LogP contribution in [0.1, 0.15) is 24.1 Å². The lowest BCUT2D eigenvalue weighted by Gasteiger charge is -2.31. The van der Waals surface area contributed by atoms with Crippen LogP contribution in [0.15, 0.2) is 71.6 Å². The van der Waals surface area contributed by atoms with Gasteiger partial charge in [-0.2, -0.15) is 0 Å². The zero-order valence-electron chi connectivity index (χ0n) is 18.3. The third-order valence-electron chi connectivity index (χ3n) is 5.10. The van der Waals surface area contributed by atoms with Crippen LogP contribution in [0, 0.1) is 6.92 Å². The fourth-order valence-electron chi connectivity index (χ4n) is 3.47. The van der Waals surface area contributed by atoms with Crippen LogP contribution >= 0.6 is 0 Å². The second-order valence-corrected chi connectivity index (χ2v) is 8.92. The predicted molar refractivity (Wildman–Crippen MR) is 122 cm³/mol. The molecule has 6 nitrogen and oxygen atoms in total. The molecule has 1 unspecified atom stereocenters. The standard InChI is InChI=1S/C24H27NO5S/c1-17-8-6-9-19(14-17)18(2)25(20-12-13-23(29-4)24(15-20)30-5)31(26,27)22-11-7-10-21(16-22)28-3/h6-16,18H,1-5H3. The second-order valence-electron chi connectivity index (χ2n) is 7.11. The monoisotopic (exact) mass is 441 g/mol. The Balaban J connectivity index is 2.21.